The Morgan fingerprint density at radius 2 is 1.40 bits per heavy atom. The van der Waals surface area contributed by atoms with E-state index in [9.17, 15) is 14.4 Å². The summed E-state index contributed by atoms with van der Waals surface area (Å²) >= 11 is 11.7. The number of carboxylic acid groups (broad SMARTS) is 2. The monoisotopic (exact) mass is 389 g/mol. The Labute approximate surface area is 156 Å². The summed E-state index contributed by atoms with van der Waals surface area (Å²) in [5, 5.41) is 19.8. The number of hydrogen-bond acceptors (Lipinski definition) is 4. The summed E-state index contributed by atoms with van der Waals surface area (Å²) in [6.45, 7) is 7.88. The van der Waals surface area contributed by atoms with Gasteiger partial charge in [0.1, 0.15) is 0 Å². The highest BCUT2D eigenvalue weighted by Crippen LogP contribution is 2.20. The van der Waals surface area contributed by atoms with Crippen molar-refractivity contribution >= 4 is 40.9 Å². The SMILES string of the molecule is CC(NC(C)(C)C)C(=O)c1cc(Cl)cc(Cl)c1.O=C(O)/C=C/C(=O)O. The van der Waals surface area contributed by atoms with Crippen LogP contribution in [0.5, 0.6) is 0 Å². The largest absolute Gasteiger partial charge is 0.478 e. The lowest BCUT2D eigenvalue weighted by atomic mass is 10.0. The van der Waals surface area contributed by atoms with Crippen LogP contribution >= 0.6 is 23.2 Å². The number of benzene rings is 1. The number of halogens is 2. The highest BCUT2D eigenvalue weighted by atomic mass is 35.5. The lowest BCUT2D eigenvalue weighted by Crippen LogP contribution is -2.46. The predicted molar refractivity (Wildman–Crippen MR) is 97.6 cm³/mol. The van der Waals surface area contributed by atoms with Crippen molar-refractivity contribution in [3.05, 3.63) is 46.0 Å². The van der Waals surface area contributed by atoms with Crippen LogP contribution in [0.3, 0.4) is 0 Å². The van der Waals surface area contributed by atoms with Crippen LogP contribution in [0.2, 0.25) is 10.0 Å². The Kier molecular flexibility index (Phi) is 9.41. The predicted octanol–water partition coefficient (Wildman–Crippen LogP) is 3.66. The molecule has 8 heteroatoms. The molecule has 3 N–H and O–H groups in total. The normalized spacial score (nSPS) is 12.2. The van der Waals surface area contributed by atoms with Crippen LogP contribution in [0, 0.1) is 0 Å². The van der Waals surface area contributed by atoms with E-state index in [1.54, 1.807) is 18.2 Å². The highest BCUT2D eigenvalue weighted by molar-refractivity contribution is 6.35. The molecule has 1 unspecified atom stereocenters. The second kappa shape index (κ2) is 10.2. The van der Waals surface area contributed by atoms with Crippen molar-refractivity contribution in [1.82, 2.24) is 5.32 Å². The molecule has 1 rings (SSSR count). The van der Waals surface area contributed by atoms with Gasteiger partial charge in [-0.15, -0.1) is 0 Å². The molecular weight excluding hydrogens is 369 g/mol. The molecule has 0 bridgehead atoms. The first-order valence-electron chi connectivity index (χ1n) is 7.23. The molecule has 0 amide bonds. The third-order valence-corrected chi connectivity index (χ3v) is 2.99. The van der Waals surface area contributed by atoms with E-state index in [1.807, 2.05) is 27.7 Å². The number of Topliss-reactive ketones (excluding diaryl/α,β-unsaturated/α-hetero) is 1. The van der Waals surface area contributed by atoms with Crippen LogP contribution < -0.4 is 5.32 Å². The summed E-state index contributed by atoms with van der Waals surface area (Å²) in [5.41, 5.74) is 0.420. The minimum absolute atomic E-state index is 0.00988. The number of carbonyl (C=O) groups excluding carboxylic acids is 1. The van der Waals surface area contributed by atoms with Crippen LogP contribution in [-0.2, 0) is 9.59 Å². The molecule has 0 spiro atoms. The van der Waals surface area contributed by atoms with Crippen molar-refractivity contribution in [1.29, 1.82) is 0 Å². The van der Waals surface area contributed by atoms with Gasteiger partial charge in [-0.25, -0.2) is 9.59 Å². The fraction of sp³-hybridized carbons (Fsp3) is 0.353. The van der Waals surface area contributed by atoms with Gasteiger partial charge >= 0.3 is 11.9 Å². The fourth-order valence-electron chi connectivity index (χ4n) is 1.80. The first-order valence-corrected chi connectivity index (χ1v) is 7.99. The number of carbonyl (C=O) groups is 3. The van der Waals surface area contributed by atoms with E-state index in [1.165, 1.54) is 0 Å². The van der Waals surface area contributed by atoms with Gasteiger partial charge in [-0.2, -0.15) is 0 Å². The number of carboxylic acids is 2. The Morgan fingerprint density at radius 3 is 1.72 bits per heavy atom. The smallest absolute Gasteiger partial charge is 0.328 e. The maximum Gasteiger partial charge on any atom is 0.328 e. The molecule has 0 aliphatic rings. The molecule has 1 atom stereocenters. The van der Waals surface area contributed by atoms with E-state index < -0.39 is 11.9 Å². The first-order chi connectivity index (χ1) is 11.3. The second-order valence-corrected chi connectivity index (χ2v) is 7.02. The van der Waals surface area contributed by atoms with E-state index in [0.29, 0.717) is 27.8 Å². The van der Waals surface area contributed by atoms with Crippen LogP contribution in [0.1, 0.15) is 38.1 Å². The van der Waals surface area contributed by atoms with E-state index in [-0.39, 0.29) is 17.4 Å². The minimum Gasteiger partial charge on any atom is -0.478 e. The number of hydrogen-bond donors (Lipinski definition) is 3. The summed E-state index contributed by atoms with van der Waals surface area (Å²) in [7, 11) is 0. The fourth-order valence-corrected chi connectivity index (χ4v) is 2.33. The first kappa shape index (κ1) is 23.1. The molecule has 138 valence electrons. The van der Waals surface area contributed by atoms with Crippen LogP contribution in [0.15, 0.2) is 30.4 Å². The van der Waals surface area contributed by atoms with Gasteiger partial charge in [-0.3, -0.25) is 4.79 Å². The van der Waals surface area contributed by atoms with Gasteiger partial charge in [0.15, 0.2) is 5.78 Å². The van der Waals surface area contributed by atoms with E-state index in [2.05, 4.69) is 5.32 Å². The average Bonchev–Trinajstić information content (AvgIpc) is 2.42. The van der Waals surface area contributed by atoms with Crippen LogP contribution in [0.4, 0.5) is 0 Å². The quantitative estimate of drug-likeness (QED) is 0.524. The van der Waals surface area contributed by atoms with Gasteiger partial charge in [-0.1, -0.05) is 23.2 Å². The molecule has 0 radical (unpaired) electrons. The summed E-state index contributed by atoms with van der Waals surface area (Å²) in [6, 6.07) is 4.61. The molecule has 1 aromatic rings. The topological polar surface area (TPSA) is 104 Å². The van der Waals surface area contributed by atoms with Crippen LogP contribution in [0.25, 0.3) is 0 Å². The van der Waals surface area contributed by atoms with Crippen LogP contribution in [-0.4, -0.2) is 39.5 Å². The standard InChI is InChI=1S/C13H17Cl2NO.C4H4O4/c1-8(16-13(2,3)4)12(17)9-5-10(14)7-11(15)6-9;5-3(6)1-2-4(7)8/h5-8,16H,1-4H3;1-2H,(H,5,6)(H,7,8)/b;2-1+. The van der Waals surface area contributed by atoms with Gasteiger partial charge in [0.25, 0.3) is 0 Å². The molecule has 0 saturated heterocycles. The maximum absolute atomic E-state index is 12.1. The maximum atomic E-state index is 12.1. The summed E-state index contributed by atoms with van der Waals surface area (Å²) in [6.07, 6.45) is 1.12. The van der Waals surface area contributed by atoms with Gasteiger partial charge in [0.05, 0.1) is 6.04 Å². The van der Waals surface area contributed by atoms with Crippen molar-refractivity contribution in [2.45, 2.75) is 39.3 Å². The zero-order chi connectivity index (χ0) is 19.8. The lowest BCUT2D eigenvalue weighted by Gasteiger charge is -2.25. The molecule has 25 heavy (non-hydrogen) atoms. The Morgan fingerprint density at radius 1 is 1.00 bits per heavy atom. The zero-order valence-electron chi connectivity index (χ0n) is 14.3. The number of ketones is 1. The lowest BCUT2D eigenvalue weighted by molar-refractivity contribution is -0.134. The average molecular weight is 390 g/mol. The number of rotatable bonds is 5. The van der Waals surface area contributed by atoms with Gasteiger partial charge < -0.3 is 15.5 Å². The Balaban J connectivity index is 0.000000609. The van der Waals surface area contributed by atoms with E-state index >= 15 is 0 Å². The molecule has 0 fully saturated rings. The molecule has 0 aliphatic carbocycles. The molecule has 0 aromatic heterocycles. The van der Waals surface area contributed by atoms with Crippen molar-refractivity contribution < 1.29 is 24.6 Å². The van der Waals surface area contributed by atoms with Crippen molar-refractivity contribution in [3.8, 4) is 0 Å². The summed E-state index contributed by atoms with van der Waals surface area (Å²) in [5.74, 6) is -2.52. The number of nitrogens with one attached hydrogen (secondary N) is 1. The summed E-state index contributed by atoms with van der Waals surface area (Å²) < 4.78 is 0. The van der Waals surface area contributed by atoms with Crippen molar-refractivity contribution in [3.63, 3.8) is 0 Å². The van der Waals surface area contributed by atoms with Crippen molar-refractivity contribution in [2.75, 3.05) is 0 Å². The van der Waals surface area contributed by atoms with Gasteiger partial charge in [-0.05, 0) is 45.9 Å². The molecular formula is C17H21Cl2NO5. The third-order valence-electron chi connectivity index (χ3n) is 2.56. The molecule has 6 nitrogen and oxygen atoms in total. The van der Waals surface area contributed by atoms with Crippen molar-refractivity contribution in [2.24, 2.45) is 0 Å². The Bertz CT molecular complexity index is 629. The molecule has 0 heterocycles. The van der Waals surface area contributed by atoms with E-state index in [4.69, 9.17) is 33.4 Å². The number of aliphatic carboxylic acids is 2. The highest BCUT2D eigenvalue weighted by Gasteiger charge is 2.21. The second-order valence-electron chi connectivity index (χ2n) is 6.15. The molecule has 1 aromatic carbocycles. The Hall–Kier alpha value is -1.89. The summed E-state index contributed by atoms with van der Waals surface area (Å²) in [4.78, 5) is 31.3. The zero-order valence-corrected chi connectivity index (χ0v) is 15.9. The molecule has 0 aliphatic heterocycles. The molecule has 0 saturated carbocycles. The van der Waals surface area contributed by atoms with Gasteiger partial charge in [0.2, 0.25) is 0 Å². The minimum atomic E-state index is -1.26. The third kappa shape index (κ3) is 11.3. The van der Waals surface area contributed by atoms with E-state index in [0.717, 1.165) is 0 Å². The van der Waals surface area contributed by atoms with Gasteiger partial charge in [0, 0.05) is 33.3 Å².